The van der Waals surface area contributed by atoms with Gasteiger partial charge in [0, 0.05) is 18.5 Å². The number of esters is 1. The third-order valence-electron chi connectivity index (χ3n) is 2.26. The van der Waals surface area contributed by atoms with Gasteiger partial charge in [-0.25, -0.2) is 9.78 Å². The highest BCUT2D eigenvalue weighted by atomic mass is 32.1. The number of carbonyl (C=O) groups excluding carboxylic acids is 1. The number of ether oxygens (including phenoxy) is 2. The molecular weight excluding hydrogens is 228 g/mol. The number of nitrogens with zero attached hydrogens (tertiary/aromatic N) is 2. The van der Waals surface area contributed by atoms with Gasteiger partial charge >= 0.3 is 5.97 Å². The van der Waals surface area contributed by atoms with Gasteiger partial charge in [0.2, 0.25) is 0 Å². The lowest BCUT2D eigenvalue weighted by Gasteiger charge is -2.25. The molecular formula is C10H14N2O3S. The molecule has 2 heterocycles. The number of hydrogen-bond acceptors (Lipinski definition) is 6. The van der Waals surface area contributed by atoms with Gasteiger partial charge in [-0.15, -0.1) is 11.3 Å². The number of morpholine rings is 1. The first-order chi connectivity index (χ1) is 7.81. The summed E-state index contributed by atoms with van der Waals surface area (Å²) in [5, 5.41) is 2.61. The van der Waals surface area contributed by atoms with E-state index >= 15 is 0 Å². The Labute approximate surface area is 98.0 Å². The Morgan fingerprint density at radius 3 is 3.06 bits per heavy atom. The Hall–Kier alpha value is -1.14. The molecule has 0 N–H and O–H groups in total. The lowest BCUT2D eigenvalue weighted by molar-refractivity contribution is 0.0520. The van der Waals surface area contributed by atoms with Crippen LogP contribution in [0.4, 0.5) is 5.13 Å². The van der Waals surface area contributed by atoms with E-state index < -0.39 is 0 Å². The number of thiazole rings is 1. The van der Waals surface area contributed by atoms with Crippen molar-refractivity contribution in [2.45, 2.75) is 6.92 Å². The average molecular weight is 242 g/mol. The largest absolute Gasteiger partial charge is 0.461 e. The van der Waals surface area contributed by atoms with Crippen LogP contribution in [0.15, 0.2) is 5.38 Å². The van der Waals surface area contributed by atoms with E-state index in [1.165, 1.54) is 11.3 Å². The molecule has 0 atom stereocenters. The highest BCUT2D eigenvalue weighted by molar-refractivity contribution is 7.13. The minimum absolute atomic E-state index is 0.349. The second kappa shape index (κ2) is 5.27. The highest BCUT2D eigenvalue weighted by Crippen LogP contribution is 2.21. The first-order valence-corrected chi connectivity index (χ1v) is 6.14. The highest BCUT2D eigenvalue weighted by Gasteiger charge is 2.17. The van der Waals surface area contributed by atoms with E-state index in [0.717, 1.165) is 18.2 Å². The standard InChI is InChI=1S/C10H14N2O3S/c1-2-15-9(13)8-7-16-10(11-8)12-3-5-14-6-4-12/h7H,2-6H2,1H3. The summed E-state index contributed by atoms with van der Waals surface area (Å²) in [7, 11) is 0. The summed E-state index contributed by atoms with van der Waals surface area (Å²) in [6.07, 6.45) is 0. The predicted molar refractivity (Wildman–Crippen MR) is 61.1 cm³/mol. The van der Waals surface area contributed by atoms with Gasteiger partial charge in [0.25, 0.3) is 0 Å². The lowest BCUT2D eigenvalue weighted by atomic mass is 10.4. The molecule has 1 aliphatic rings. The molecule has 1 aromatic rings. The van der Waals surface area contributed by atoms with Gasteiger partial charge in [-0.1, -0.05) is 0 Å². The van der Waals surface area contributed by atoms with Crippen LogP contribution in [0.25, 0.3) is 0 Å². The minimum Gasteiger partial charge on any atom is -0.461 e. The summed E-state index contributed by atoms with van der Waals surface area (Å²) >= 11 is 1.47. The maximum Gasteiger partial charge on any atom is 0.357 e. The summed E-state index contributed by atoms with van der Waals surface area (Å²) < 4.78 is 10.1. The minimum atomic E-state index is -0.349. The average Bonchev–Trinajstić information content (AvgIpc) is 2.80. The third-order valence-corrected chi connectivity index (χ3v) is 3.16. The number of hydrogen-bond donors (Lipinski definition) is 0. The van der Waals surface area contributed by atoms with Crippen LogP contribution in [0.2, 0.25) is 0 Å². The number of anilines is 1. The van der Waals surface area contributed by atoms with Gasteiger partial charge in [0.1, 0.15) is 0 Å². The number of aromatic nitrogens is 1. The number of carbonyl (C=O) groups is 1. The summed E-state index contributed by atoms with van der Waals surface area (Å²) in [5.74, 6) is -0.349. The summed E-state index contributed by atoms with van der Waals surface area (Å²) in [4.78, 5) is 17.8. The zero-order valence-electron chi connectivity index (χ0n) is 9.14. The Morgan fingerprint density at radius 1 is 1.62 bits per heavy atom. The fraction of sp³-hybridized carbons (Fsp3) is 0.600. The van der Waals surface area contributed by atoms with Crippen LogP contribution in [0.5, 0.6) is 0 Å². The molecule has 1 saturated heterocycles. The Morgan fingerprint density at radius 2 is 2.38 bits per heavy atom. The normalized spacial score (nSPS) is 16.2. The van der Waals surface area contributed by atoms with Crippen LogP contribution in [0.3, 0.4) is 0 Å². The molecule has 0 unspecified atom stereocenters. The third kappa shape index (κ3) is 2.51. The van der Waals surface area contributed by atoms with Crippen molar-refractivity contribution in [3.8, 4) is 0 Å². The van der Waals surface area contributed by atoms with E-state index in [4.69, 9.17) is 9.47 Å². The van der Waals surface area contributed by atoms with Crippen LogP contribution in [0.1, 0.15) is 17.4 Å². The first kappa shape index (κ1) is 11.3. The molecule has 0 amide bonds. The van der Waals surface area contributed by atoms with Crippen LogP contribution < -0.4 is 4.90 Å². The molecule has 0 radical (unpaired) electrons. The molecule has 16 heavy (non-hydrogen) atoms. The van der Waals surface area contributed by atoms with E-state index in [9.17, 15) is 4.79 Å². The fourth-order valence-corrected chi connectivity index (χ4v) is 2.31. The monoisotopic (exact) mass is 242 g/mol. The van der Waals surface area contributed by atoms with Crippen molar-refractivity contribution in [3.05, 3.63) is 11.1 Å². The van der Waals surface area contributed by atoms with Crippen LogP contribution >= 0.6 is 11.3 Å². The molecule has 0 aliphatic carbocycles. The Balaban J connectivity index is 2.03. The maximum atomic E-state index is 11.4. The van der Waals surface area contributed by atoms with Crippen LogP contribution in [-0.4, -0.2) is 43.9 Å². The van der Waals surface area contributed by atoms with Crippen molar-refractivity contribution in [2.75, 3.05) is 37.8 Å². The molecule has 0 bridgehead atoms. The van der Waals surface area contributed by atoms with Gasteiger partial charge in [0.05, 0.1) is 19.8 Å². The van der Waals surface area contributed by atoms with Gasteiger partial charge in [0.15, 0.2) is 10.8 Å². The van der Waals surface area contributed by atoms with Gasteiger partial charge in [-0.05, 0) is 6.92 Å². The zero-order chi connectivity index (χ0) is 11.4. The van der Waals surface area contributed by atoms with E-state index in [1.54, 1.807) is 12.3 Å². The molecule has 5 nitrogen and oxygen atoms in total. The van der Waals surface area contributed by atoms with Crippen molar-refractivity contribution in [3.63, 3.8) is 0 Å². The smallest absolute Gasteiger partial charge is 0.357 e. The SMILES string of the molecule is CCOC(=O)c1csc(N2CCOCC2)n1. The van der Waals surface area contributed by atoms with Crippen molar-refractivity contribution in [1.29, 1.82) is 0 Å². The molecule has 1 aromatic heterocycles. The second-order valence-corrected chi connectivity index (χ2v) is 4.17. The molecule has 1 fully saturated rings. The molecule has 0 saturated carbocycles. The van der Waals surface area contributed by atoms with Gasteiger partial charge in [-0.3, -0.25) is 0 Å². The van der Waals surface area contributed by atoms with Crippen molar-refractivity contribution in [1.82, 2.24) is 4.98 Å². The van der Waals surface area contributed by atoms with Crippen LogP contribution in [-0.2, 0) is 9.47 Å². The van der Waals surface area contributed by atoms with E-state index in [2.05, 4.69) is 9.88 Å². The summed E-state index contributed by atoms with van der Waals surface area (Å²) in [5.41, 5.74) is 0.397. The maximum absolute atomic E-state index is 11.4. The first-order valence-electron chi connectivity index (χ1n) is 5.26. The molecule has 1 aliphatic heterocycles. The zero-order valence-corrected chi connectivity index (χ0v) is 9.96. The van der Waals surface area contributed by atoms with Crippen molar-refractivity contribution < 1.29 is 14.3 Å². The van der Waals surface area contributed by atoms with Crippen molar-refractivity contribution >= 4 is 22.4 Å². The van der Waals surface area contributed by atoms with E-state index in [-0.39, 0.29) is 5.97 Å². The van der Waals surface area contributed by atoms with E-state index in [1.807, 2.05) is 0 Å². The Bertz CT molecular complexity index is 361. The lowest BCUT2D eigenvalue weighted by Crippen LogP contribution is -2.36. The molecule has 0 aromatic carbocycles. The van der Waals surface area contributed by atoms with E-state index in [0.29, 0.717) is 25.5 Å². The predicted octanol–water partition coefficient (Wildman–Crippen LogP) is 1.16. The second-order valence-electron chi connectivity index (χ2n) is 3.34. The summed E-state index contributed by atoms with van der Waals surface area (Å²) in [6.45, 7) is 5.25. The molecule has 6 heteroatoms. The molecule has 0 spiro atoms. The summed E-state index contributed by atoms with van der Waals surface area (Å²) in [6, 6.07) is 0. The quantitative estimate of drug-likeness (QED) is 0.744. The molecule has 2 rings (SSSR count). The van der Waals surface area contributed by atoms with Crippen LogP contribution in [0, 0.1) is 0 Å². The topological polar surface area (TPSA) is 51.7 Å². The fourth-order valence-electron chi connectivity index (χ4n) is 1.46. The van der Waals surface area contributed by atoms with Gasteiger partial charge < -0.3 is 14.4 Å². The molecule has 88 valence electrons. The van der Waals surface area contributed by atoms with Crippen molar-refractivity contribution in [2.24, 2.45) is 0 Å². The van der Waals surface area contributed by atoms with Gasteiger partial charge in [-0.2, -0.15) is 0 Å². The number of rotatable bonds is 3. The Kier molecular flexibility index (Phi) is 3.74.